The fourth-order valence-corrected chi connectivity index (χ4v) is 4.29. The minimum absolute atomic E-state index is 0.162. The van der Waals surface area contributed by atoms with Crippen LogP contribution in [-0.4, -0.2) is 48.2 Å². The predicted octanol–water partition coefficient (Wildman–Crippen LogP) is 2.90. The second-order valence-electron chi connectivity index (χ2n) is 6.71. The first-order valence-corrected chi connectivity index (χ1v) is 10.1. The van der Waals surface area contributed by atoms with Crippen LogP contribution in [0.1, 0.15) is 22.7 Å². The van der Waals surface area contributed by atoms with E-state index in [4.69, 9.17) is 9.47 Å². The summed E-state index contributed by atoms with van der Waals surface area (Å²) in [7, 11) is 3.37. The van der Waals surface area contributed by atoms with Gasteiger partial charge in [-0.25, -0.2) is 13.1 Å². The van der Waals surface area contributed by atoms with Crippen LogP contribution in [0.2, 0.25) is 0 Å². The van der Waals surface area contributed by atoms with E-state index in [1.807, 2.05) is 50.2 Å². The lowest BCUT2D eigenvalue weighted by atomic mass is 10.1. The van der Waals surface area contributed by atoms with E-state index in [1.54, 1.807) is 33.3 Å². The molecule has 6 nitrogen and oxygen atoms in total. The third-order valence-electron chi connectivity index (χ3n) is 4.50. The summed E-state index contributed by atoms with van der Waals surface area (Å²) < 4.78 is 38.9. The van der Waals surface area contributed by atoms with Crippen molar-refractivity contribution in [3.05, 3.63) is 53.1 Å². The third-order valence-corrected chi connectivity index (χ3v) is 6.09. The maximum Gasteiger partial charge on any atom is 0.240 e. The summed E-state index contributed by atoms with van der Waals surface area (Å²) in [5.41, 5.74) is 2.69. The highest BCUT2D eigenvalue weighted by atomic mass is 32.2. The average Bonchev–Trinajstić information content (AvgIpc) is 2.60. The SMILES string of the molecule is COc1ccc(C(CNS(=O)(=O)c2ccc(C)cc2C)N(C)C)cc1OC. The van der Waals surface area contributed by atoms with Crippen molar-refractivity contribution in [2.45, 2.75) is 24.8 Å². The Morgan fingerprint density at radius 3 is 2.22 bits per heavy atom. The molecule has 7 heteroatoms. The largest absolute Gasteiger partial charge is 0.493 e. The van der Waals surface area contributed by atoms with Crippen molar-refractivity contribution in [1.82, 2.24) is 9.62 Å². The normalized spacial score (nSPS) is 12.9. The second-order valence-corrected chi connectivity index (χ2v) is 8.45. The molecule has 2 rings (SSSR count). The third kappa shape index (κ3) is 5.00. The molecule has 1 atom stereocenters. The molecule has 0 aliphatic rings. The molecule has 2 aromatic rings. The number of ether oxygens (including phenoxy) is 2. The molecule has 0 radical (unpaired) electrons. The number of likely N-dealkylation sites (N-methyl/N-ethyl adjacent to an activating group) is 1. The van der Waals surface area contributed by atoms with Gasteiger partial charge in [0.25, 0.3) is 0 Å². The Balaban J connectivity index is 2.26. The zero-order chi connectivity index (χ0) is 20.2. The van der Waals surface area contributed by atoms with Gasteiger partial charge in [0.2, 0.25) is 10.0 Å². The molecule has 0 saturated heterocycles. The van der Waals surface area contributed by atoms with Gasteiger partial charge in [-0.05, 0) is 57.3 Å². The molecule has 0 aromatic heterocycles. The number of aryl methyl sites for hydroxylation is 2. The van der Waals surface area contributed by atoms with E-state index in [0.717, 1.165) is 16.7 Å². The number of methoxy groups -OCH3 is 2. The van der Waals surface area contributed by atoms with E-state index in [-0.39, 0.29) is 12.6 Å². The van der Waals surface area contributed by atoms with Crippen LogP contribution in [0, 0.1) is 13.8 Å². The topological polar surface area (TPSA) is 67.9 Å². The summed E-state index contributed by atoms with van der Waals surface area (Å²) in [4.78, 5) is 2.27. The van der Waals surface area contributed by atoms with Gasteiger partial charge >= 0.3 is 0 Å². The fourth-order valence-electron chi connectivity index (χ4n) is 3.03. The Kier molecular flexibility index (Phi) is 6.86. The summed E-state index contributed by atoms with van der Waals surface area (Å²) in [5.74, 6) is 1.24. The standard InChI is InChI=1S/C20H28N2O4S/c1-14-7-10-20(15(2)11-14)27(23,24)21-13-17(22(3)4)16-8-9-18(25-5)19(12-16)26-6/h7-12,17,21H,13H2,1-6H3. The minimum Gasteiger partial charge on any atom is -0.493 e. The summed E-state index contributed by atoms with van der Waals surface area (Å²) in [6.07, 6.45) is 0. The first-order chi connectivity index (χ1) is 12.7. The Morgan fingerprint density at radius 1 is 1.00 bits per heavy atom. The molecule has 0 spiro atoms. The van der Waals surface area contributed by atoms with Gasteiger partial charge in [0.05, 0.1) is 19.1 Å². The zero-order valence-corrected chi connectivity index (χ0v) is 17.6. The van der Waals surface area contributed by atoms with Crippen molar-refractivity contribution >= 4 is 10.0 Å². The highest BCUT2D eigenvalue weighted by Gasteiger charge is 2.22. The second kappa shape index (κ2) is 8.73. The van der Waals surface area contributed by atoms with Crippen LogP contribution >= 0.6 is 0 Å². The summed E-state index contributed by atoms with van der Waals surface area (Å²) in [6, 6.07) is 10.8. The maximum atomic E-state index is 12.8. The molecule has 0 bridgehead atoms. The minimum atomic E-state index is -3.61. The maximum absolute atomic E-state index is 12.8. The quantitative estimate of drug-likeness (QED) is 0.748. The molecule has 0 fully saturated rings. The zero-order valence-electron chi connectivity index (χ0n) is 16.7. The Hall–Kier alpha value is -2.09. The van der Waals surface area contributed by atoms with Crippen molar-refractivity contribution < 1.29 is 17.9 Å². The summed E-state index contributed by atoms with van der Waals surface area (Å²) in [6.45, 7) is 3.98. The number of benzene rings is 2. The number of rotatable bonds is 8. The van der Waals surface area contributed by atoms with Crippen LogP contribution in [0.15, 0.2) is 41.3 Å². The van der Waals surface area contributed by atoms with E-state index in [2.05, 4.69) is 4.72 Å². The van der Waals surface area contributed by atoms with Gasteiger partial charge in [-0.3, -0.25) is 0 Å². The number of sulfonamides is 1. The number of hydrogen-bond donors (Lipinski definition) is 1. The van der Waals surface area contributed by atoms with Gasteiger partial charge in [0.15, 0.2) is 11.5 Å². The van der Waals surface area contributed by atoms with Crippen LogP contribution in [0.4, 0.5) is 0 Å². The van der Waals surface area contributed by atoms with Gasteiger partial charge in [0, 0.05) is 12.6 Å². The molecule has 0 amide bonds. The van der Waals surface area contributed by atoms with Crippen LogP contribution in [-0.2, 0) is 10.0 Å². The molecule has 0 aliphatic carbocycles. The number of nitrogens with one attached hydrogen (secondary N) is 1. The number of nitrogens with zero attached hydrogens (tertiary/aromatic N) is 1. The van der Waals surface area contributed by atoms with Gasteiger partial charge in [-0.15, -0.1) is 0 Å². The van der Waals surface area contributed by atoms with Gasteiger partial charge < -0.3 is 14.4 Å². The lowest BCUT2D eigenvalue weighted by Gasteiger charge is -2.26. The van der Waals surface area contributed by atoms with Crippen molar-refractivity contribution in [2.75, 3.05) is 34.9 Å². The summed E-state index contributed by atoms with van der Waals surface area (Å²) >= 11 is 0. The Labute approximate surface area is 162 Å². The fraction of sp³-hybridized carbons (Fsp3) is 0.400. The molecule has 0 aliphatic heterocycles. The van der Waals surface area contributed by atoms with Gasteiger partial charge in [-0.1, -0.05) is 23.8 Å². The van der Waals surface area contributed by atoms with E-state index in [9.17, 15) is 8.42 Å². The van der Waals surface area contributed by atoms with E-state index < -0.39 is 10.0 Å². The van der Waals surface area contributed by atoms with Crippen molar-refractivity contribution in [1.29, 1.82) is 0 Å². The van der Waals surface area contributed by atoms with Crippen LogP contribution in [0.25, 0.3) is 0 Å². The van der Waals surface area contributed by atoms with Crippen molar-refractivity contribution in [2.24, 2.45) is 0 Å². The Morgan fingerprint density at radius 2 is 1.67 bits per heavy atom. The van der Waals surface area contributed by atoms with Gasteiger partial charge in [0.1, 0.15) is 0 Å². The monoisotopic (exact) mass is 392 g/mol. The average molecular weight is 393 g/mol. The van der Waals surface area contributed by atoms with E-state index >= 15 is 0 Å². The molecule has 1 N–H and O–H groups in total. The van der Waals surface area contributed by atoms with E-state index in [0.29, 0.717) is 16.4 Å². The van der Waals surface area contributed by atoms with E-state index in [1.165, 1.54) is 0 Å². The molecular formula is C20H28N2O4S. The first kappa shape index (κ1) is 21.2. The van der Waals surface area contributed by atoms with Crippen LogP contribution in [0.5, 0.6) is 11.5 Å². The van der Waals surface area contributed by atoms with Gasteiger partial charge in [-0.2, -0.15) is 0 Å². The lowest BCUT2D eigenvalue weighted by molar-refractivity contribution is 0.297. The molecule has 148 valence electrons. The molecule has 2 aromatic carbocycles. The van der Waals surface area contributed by atoms with Crippen molar-refractivity contribution in [3.8, 4) is 11.5 Å². The molecule has 1 unspecified atom stereocenters. The van der Waals surface area contributed by atoms with Crippen molar-refractivity contribution in [3.63, 3.8) is 0 Å². The smallest absolute Gasteiger partial charge is 0.240 e. The van der Waals surface area contributed by atoms with Crippen LogP contribution < -0.4 is 14.2 Å². The number of hydrogen-bond acceptors (Lipinski definition) is 5. The molecular weight excluding hydrogens is 364 g/mol. The first-order valence-electron chi connectivity index (χ1n) is 8.65. The summed E-state index contributed by atoms with van der Waals surface area (Å²) in [5, 5.41) is 0. The lowest BCUT2D eigenvalue weighted by Crippen LogP contribution is -2.34. The predicted molar refractivity (Wildman–Crippen MR) is 107 cm³/mol. The highest BCUT2D eigenvalue weighted by molar-refractivity contribution is 7.89. The highest BCUT2D eigenvalue weighted by Crippen LogP contribution is 2.31. The molecule has 0 saturated carbocycles. The van der Waals surface area contributed by atoms with Crippen LogP contribution in [0.3, 0.4) is 0 Å². The molecule has 27 heavy (non-hydrogen) atoms. The molecule has 0 heterocycles. The Bertz CT molecular complexity index is 895.